The van der Waals surface area contributed by atoms with Gasteiger partial charge in [-0.1, -0.05) is 29.4 Å². The van der Waals surface area contributed by atoms with Gasteiger partial charge < -0.3 is 4.52 Å². The molecule has 1 heterocycles. The molecule has 0 atom stereocenters. The number of fused-ring (bicyclic) bond motifs is 1. The smallest absolute Gasteiger partial charge is 0.168 e. The number of Topliss-reactive ketones (excluding diaryl/α,β-unsaturated/α-hetero) is 1. The molecule has 4 heteroatoms. The number of rotatable bonds is 2. The van der Waals surface area contributed by atoms with Crippen LogP contribution in [0.25, 0.3) is 11.3 Å². The van der Waals surface area contributed by atoms with E-state index in [-0.39, 0.29) is 5.78 Å². The third-order valence-corrected chi connectivity index (χ3v) is 3.19. The molecule has 1 aromatic carbocycles. The monoisotopic (exact) mass is 241 g/mol. The lowest BCUT2D eigenvalue weighted by atomic mass is 9.92. The number of nitrogens with zero attached hydrogens (tertiary/aromatic N) is 1. The van der Waals surface area contributed by atoms with Gasteiger partial charge in [0.1, 0.15) is 11.5 Å². The molecule has 0 fully saturated rings. The third kappa shape index (κ3) is 1.57. The van der Waals surface area contributed by atoms with Crippen LogP contribution >= 0.6 is 0 Å². The fourth-order valence-corrected chi connectivity index (χ4v) is 2.32. The molecule has 0 saturated heterocycles. The van der Waals surface area contributed by atoms with Crippen LogP contribution in [0.3, 0.4) is 0 Å². The zero-order valence-corrected chi connectivity index (χ0v) is 9.68. The summed E-state index contributed by atoms with van der Waals surface area (Å²) in [5, 5.41) is 3.97. The van der Waals surface area contributed by atoms with Crippen molar-refractivity contribution in [3.63, 3.8) is 0 Å². The molecule has 0 bridgehead atoms. The highest BCUT2D eigenvalue weighted by molar-refractivity contribution is 6.04. The number of benzene rings is 1. The number of aromatic nitrogens is 1. The highest BCUT2D eigenvalue weighted by Crippen LogP contribution is 2.32. The van der Waals surface area contributed by atoms with Crippen LogP contribution in [0.4, 0.5) is 0 Å². The molecule has 0 saturated carbocycles. The van der Waals surface area contributed by atoms with Gasteiger partial charge in [0.25, 0.3) is 0 Å². The Hall–Kier alpha value is -2.23. The Labute approximate surface area is 104 Å². The van der Waals surface area contributed by atoms with Gasteiger partial charge in [-0.2, -0.15) is 0 Å². The van der Waals surface area contributed by atoms with Gasteiger partial charge in [0.2, 0.25) is 0 Å². The average Bonchev–Trinajstić information content (AvgIpc) is 2.84. The minimum atomic E-state index is 0.0493. The first-order valence-electron chi connectivity index (χ1n) is 5.87. The van der Waals surface area contributed by atoms with E-state index in [1.165, 1.54) is 0 Å². The maximum atomic E-state index is 12.0. The van der Waals surface area contributed by atoms with Crippen LogP contribution in [-0.2, 0) is 6.42 Å². The van der Waals surface area contributed by atoms with Gasteiger partial charge in [0.05, 0.1) is 5.56 Å². The Balaban J connectivity index is 2.21. The second-order valence-corrected chi connectivity index (χ2v) is 4.31. The Morgan fingerprint density at radius 2 is 2.06 bits per heavy atom. The second kappa shape index (κ2) is 4.22. The van der Waals surface area contributed by atoms with Crippen LogP contribution in [0.15, 0.2) is 28.8 Å². The highest BCUT2D eigenvalue weighted by Gasteiger charge is 2.27. The number of aryl methyl sites for hydroxylation is 1. The van der Waals surface area contributed by atoms with Gasteiger partial charge in [-0.15, -0.1) is 0 Å². The minimum Gasteiger partial charge on any atom is -0.360 e. The van der Waals surface area contributed by atoms with Crippen LogP contribution in [0, 0.1) is 0 Å². The van der Waals surface area contributed by atoms with Crippen molar-refractivity contribution >= 4 is 12.1 Å². The number of carbonyl (C=O) groups is 2. The minimum absolute atomic E-state index is 0.0493. The molecule has 2 aromatic rings. The number of hydrogen-bond donors (Lipinski definition) is 0. The molecule has 0 unspecified atom stereocenters. The summed E-state index contributed by atoms with van der Waals surface area (Å²) in [6.45, 7) is 0. The van der Waals surface area contributed by atoms with E-state index in [4.69, 9.17) is 4.52 Å². The molecule has 0 amide bonds. The van der Waals surface area contributed by atoms with Gasteiger partial charge >= 0.3 is 0 Å². The summed E-state index contributed by atoms with van der Waals surface area (Å²) in [6, 6.07) is 7.08. The van der Waals surface area contributed by atoms with Crippen LogP contribution in [-0.4, -0.2) is 17.2 Å². The van der Waals surface area contributed by atoms with Crippen LogP contribution in [0.2, 0.25) is 0 Å². The molecule has 18 heavy (non-hydrogen) atoms. The van der Waals surface area contributed by atoms with Crippen LogP contribution in [0.5, 0.6) is 0 Å². The zero-order chi connectivity index (χ0) is 12.5. The fraction of sp³-hybridized carbons (Fsp3) is 0.214. The first-order chi connectivity index (χ1) is 8.81. The van der Waals surface area contributed by atoms with Crippen molar-refractivity contribution in [2.24, 2.45) is 0 Å². The highest BCUT2D eigenvalue weighted by atomic mass is 16.5. The number of carbonyl (C=O) groups excluding carboxylic acids is 2. The maximum Gasteiger partial charge on any atom is 0.168 e. The summed E-state index contributed by atoms with van der Waals surface area (Å²) in [5.74, 6) is 0.690. The van der Waals surface area contributed by atoms with E-state index in [1.54, 1.807) is 18.2 Å². The molecule has 90 valence electrons. The SMILES string of the molecule is O=Cc1ccccc1-c1noc2c1C(=O)CCC2. The first kappa shape index (κ1) is 10.9. The van der Waals surface area contributed by atoms with Crippen molar-refractivity contribution in [3.8, 4) is 11.3 Å². The van der Waals surface area contributed by atoms with Gasteiger partial charge in [-0.25, -0.2) is 0 Å². The molecular weight excluding hydrogens is 230 g/mol. The molecule has 3 rings (SSSR count). The summed E-state index contributed by atoms with van der Waals surface area (Å²) in [7, 11) is 0. The van der Waals surface area contributed by atoms with Crippen molar-refractivity contribution in [1.82, 2.24) is 5.16 Å². The zero-order valence-electron chi connectivity index (χ0n) is 9.68. The summed E-state index contributed by atoms with van der Waals surface area (Å²) in [4.78, 5) is 23.0. The summed E-state index contributed by atoms with van der Waals surface area (Å²) in [5.41, 5.74) is 2.23. The molecule has 1 aromatic heterocycles. The summed E-state index contributed by atoms with van der Waals surface area (Å²) < 4.78 is 5.22. The fourth-order valence-electron chi connectivity index (χ4n) is 2.32. The third-order valence-electron chi connectivity index (χ3n) is 3.19. The quantitative estimate of drug-likeness (QED) is 0.758. The van der Waals surface area contributed by atoms with Crippen LogP contribution < -0.4 is 0 Å². The van der Waals surface area contributed by atoms with Gasteiger partial charge in [0, 0.05) is 24.0 Å². The Kier molecular flexibility index (Phi) is 2.55. The maximum absolute atomic E-state index is 12.0. The number of hydrogen-bond acceptors (Lipinski definition) is 4. The molecule has 1 aliphatic carbocycles. The van der Waals surface area contributed by atoms with E-state index in [0.717, 1.165) is 19.1 Å². The van der Waals surface area contributed by atoms with E-state index < -0.39 is 0 Å². The van der Waals surface area contributed by atoms with Crippen molar-refractivity contribution in [2.75, 3.05) is 0 Å². The van der Waals surface area contributed by atoms with Crippen molar-refractivity contribution in [1.29, 1.82) is 0 Å². The summed E-state index contributed by atoms with van der Waals surface area (Å²) in [6.07, 6.45) is 2.82. The molecule has 0 aliphatic heterocycles. The lowest BCUT2D eigenvalue weighted by Gasteiger charge is -2.09. The van der Waals surface area contributed by atoms with E-state index in [9.17, 15) is 9.59 Å². The predicted octanol–water partition coefficient (Wildman–Crippen LogP) is 2.67. The molecular formula is C14H11NO3. The summed E-state index contributed by atoms with van der Waals surface area (Å²) >= 11 is 0. The number of aldehydes is 1. The van der Waals surface area contributed by atoms with Gasteiger partial charge in [-0.3, -0.25) is 9.59 Å². The number of ketones is 1. The molecule has 0 spiro atoms. The topological polar surface area (TPSA) is 60.2 Å². The first-order valence-corrected chi connectivity index (χ1v) is 5.87. The molecule has 1 aliphatic rings. The van der Waals surface area contributed by atoms with Crippen LogP contribution in [0.1, 0.15) is 39.3 Å². The Bertz CT molecular complexity index is 628. The normalized spacial score (nSPS) is 14.3. The molecule has 0 N–H and O–H groups in total. The van der Waals surface area contributed by atoms with Gasteiger partial charge in [-0.05, 0) is 6.42 Å². The van der Waals surface area contributed by atoms with E-state index in [2.05, 4.69) is 5.16 Å². The standard InChI is InChI=1S/C14H11NO3/c16-8-9-4-1-2-5-10(9)14-13-11(17)6-3-7-12(13)18-15-14/h1-2,4-5,8H,3,6-7H2. The van der Waals surface area contributed by atoms with Crippen molar-refractivity contribution in [2.45, 2.75) is 19.3 Å². The van der Waals surface area contributed by atoms with Crippen molar-refractivity contribution in [3.05, 3.63) is 41.2 Å². The molecule has 4 nitrogen and oxygen atoms in total. The van der Waals surface area contributed by atoms with Crippen molar-refractivity contribution < 1.29 is 14.1 Å². The molecule has 0 radical (unpaired) electrons. The van der Waals surface area contributed by atoms with E-state index in [1.807, 2.05) is 6.07 Å². The Morgan fingerprint density at radius 3 is 2.89 bits per heavy atom. The predicted molar refractivity (Wildman–Crippen MR) is 64.6 cm³/mol. The Morgan fingerprint density at radius 1 is 1.22 bits per heavy atom. The van der Waals surface area contributed by atoms with Gasteiger partial charge in [0.15, 0.2) is 12.1 Å². The average molecular weight is 241 g/mol. The lowest BCUT2D eigenvalue weighted by molar-refractivity contribution is 0.0969. The van der Waals surface area contributed by atoms with E-state index in [0.29, 0.717) is 34.6 Å². The van der Waals surface area contributed by atoms with E-state index >= 15 is 0 Å². The second-order valence-electron chi connectivity index (χ2n) is 4.31. The lowest BCUT2D eigenvalue weighted by Crippen LogP contribution is -2.09. The largest absolute Gasteiger partial charge is 0.360 e.